The van der Waals surface area contributed by atoms with Gasteiger partial charge in [0.05, 0.1) is 25.9 Å². The summed E-state index contributed by atoms with van der Waals surface area (Å²) in [5, 5.41) is 7.52. The number of nitrogens with zero attached hydrogens (tertiary/aromatic N) is 1. The van der Waals surface area contributed by atoms with E-state index in [1.54, 1.807) is 35.2 Å². The van der Waals surface area contributed by atoms with E-state index in [4.69, 9.17) is 13.9 Å². The minimum absolute atomic E-state index is 0.00756. The third kappa shape index (κ3) is 6.24. The standard InChI is InChI=1S/C20H24N4O6/c1-2-24(13-19(26)23-20(27)21-11-15-4-3-7-28-15)12-18(25)22-14-5-6-16-17(10-14)30-9-8-29-16/h3-7,10H,2,8-9,11-13H2,1H3,(H,22,25)(H2,21,23,26,27). The van der Waals surface area contributed by atoms with Crippen LogP contribution in [0.2, 0.25) is 0 Å². The van der Waals surface area contributed by atoms with Gasteiger partial charge >= 0.3 is 6.03 Å². The maximum absolute atomic E-state index is 12.3. The summed E-state index contributed by atoms with van der Waals surface area (Å²) in [7, 11) is 0. The Morgan fingerprint density at radius 1 is 1.03 bits per heavy atom. The fourth-order valence-electron chi connectivity index (χ4n) is 2.80. The number of amides is 4. The van der Waals surface area contributed by atoms with Crippen molar-refractivity contribution < 1.29 is 28.3 Å². The van der Waals surface area contributed by atoms with Gasteiger partial charge in [0, 0.05) is 11.8 Å². The van der Waals surface area contributed by atoms with Gasteiger partial charge in [-0.25, -0.2) is 4.79 Å². The highest BCUT2D eigenvalue weighted by Crippen LogP contribution is 2.32. The van der Waals surface area contributed by atoms with E-state index in [-0.39, 0.29) is 25.5 Å². The molecule has 1 aliphatic heterocycles. The zero-order valence-corrected chi connectivity index (χ0v) is 16.6. The number of imide groups is 1. The molecule has 1 aromatic carbocycles. The lowest BCUT2D eigenvalue weighted by atomic mass is 10.2. The average Bonchev–Trinajstić information content (AvgIpc) is 3.25. The van der Waals surface area contributed by atoms with E-state index < -0.39 is 11.9 Å². The molecule has 0 fully saturated rings. The fraction of sp³-hybridized carbons (Fsp3) is 0.350. The molecule has 3 rings (SSSR count). The molecule has 160 valence electrons. The molecule has 2 aromatic rings. The monoisotopic (exact) mass is 416 g/mol. The zero-order valence-electron chi connectivity index (χ0n) is 16.6. The van der Waals surface area contributed by atoms with Gasteiger partial charge in [-0.05, 0) is 30.8 Å². The summed E-state index contributed by atoms with van der Waals surface area (Å²) < 4.78 is 16.0. The summed E-state index contributed by atoms with van der Waals surface area (Å²) >= 11 is 0. The Bertz CT molecular complexity index is 883. The number of hydrogen-bond donors (Lipinski definition) is 3. The number of ether oxygens (including phenoxy) is 2. The number of hydrogen-bond acceptors (Lipinski definition) is 7. The van der Waals surface area contributed by atoms with Crippen LogP contribution < -0.4 is 25.4 Å². The number of fused-ring (bicyclic) bond motifs is 1. The van der Waals surface area contributed by atoms with Crippen molar-refractivity contribution in [1.29, 1.82) is 0 Å². The Kier molecular flexibility index (Phi) is 7.28. The average molecular weight is 416 g/mol. The van der Waals surface area contributed by atoms with Crippen molar-refractivity contribution in [2.75, 3.05) is 38.2 Å². The molecule has 0 atom stereocenters. The van der Waals surface area contributed by atoms with Crippen molar-refractivity contribution in [1.82, 2.24) is 15.5 Å². The topological polar surface area (TPSA) is 122 Å². The maximum atomic E-state index is 12.3. The molecule has 0 bridgehead atoms. The minimum Gasteiger partial charge on any atom is -0.486 e. The van der Waals surface area contributed by atoms with Gasteiger partial charge in [-0.2, -0.15) is 0 Å². The van der Waals surface area contributed by atoms with Crippen LogP contribution in [0.3, 0.4) is 0 Å². The number of furan rings is 1. The van der Waals surface area contributed by atoms with Gasteiger partial charge < -0.3 is 24.5 Å². The van der Waals surface area contributed by atoms with E-state index in [2.05, 4.69) is 16.0 Å². The van der Waals surface area contributed by atoms with Crippen molar-refractivity contribution >= 4 is 23.5 Å². The van der Waals surface area contributed by atoms with Crippen molar-refractivity contribution in [2.45, 2.75) is 13.5 Å². The lowest BCUT2D eigenvalue weighted by molar-refractivity contribution is -0.122. The van der Waals surface area contributed by atoms with Crippen molar-refractivity contribution in [3.8, 4) is 11.5 Å². The zero-order chi connectivity index (χ0) is 21.3. The molecule has 1 aromatic heterocycles. The van der Waals surface area contributed by atoms with E-state index in [9.17, 15) is 14.4 Å². The third-order valence-corrected chi connectivity index (χ3v) is 4.26. The number of carbonyl (C=O) groups excluding carboxylic acids is 3. The molecule has 10 heteroatoms. The molecule has 0 saturated heterocycles. The smallest absolute Gasteiger partial charge is 0.321 e. The van der Waals surface area contributed by atoms with Crippen LogP contribution >= 0.6 is 0 Å². The highest BCUT2D eigenvalue weighted by atomic mass is 16.6. The molecule has 0 saturated carbocycles. The van der Waals surface area contributed by atoms with Gasteiger partial charge in [0.2, 0.25) is 11.8 Å². The van der Waals surface area contributed by atoms with Crippen LogP contribution in [0.4, 0.5) is 10.5 Å². The number of carbonyl (C=O) groups is 3. The normalized spacial score (nSPS) is 12.3. The number of rotatable bonds is 8. The van der Waals surface area contributed by atoms with Crippen LogP contribution in [0.15, 0.2) is 41.0 Å². The highest BCUT2D eigenvalue weighted by molar-refractivity contribution is 5.96. The first-order valence-electron chi connectivity index (χ1n) is 9.55. The Balaban J connectivity index is 1.43. The van der Waals surface area contributed by atoms with E-state index in [1.807, 2.05) is 6.92 Å². The molecule has 10 nitrogen and oxygen atoms in total. The molecule has 0 aliphatic carbocycles. The Morgan fingerprint density at radius 3 is 2.53 bits per heavy atom. The Hall–Kier alpha value is -3.53. The molecule has 2 heterocycles. The summed E-state index contributed by atoms with van der Waals surface area (Å²) in [6.07, 6.45) is 1.50. The lowest BCUT2D eigenvalue weighted by Gasteiger charge is -2.20. The van der Waals surface area contributed by atoms with E-state index in [0.29, 0.717) is 42.7 Å². The molecular weight excluding hydrogens is 392 g/mol. The second kappa shape index (κ2) is 10.3. The number of likely N-dealkylation sites (N-methyl/N-ethyl adjacent to an activating group) is 1. The van der Waals surface area contributed by atoms with Crippen LogP contribution in [0.5, 0.6) is 11.5 Å². The molecule has 0 radical (unpaired) electrons. The largest absolute Gasteiger partial charge is 0.486 e. The van der Waals surface area contributed by atoms with Crippen LogP contribution in [0.1, 0.15) is 12.7 Å². The van der Waals surface area contributed by atoms with Gasteiger partial charge in [-0.15, -0.1) is 0 Å². The van der Waals surface area contributed by atoms with Gasteiger partial charge in [0.1, 0.15) is 19.0 Å². The highest BCUT2D eigenvalue weighted by Gasteiger charge is 2.17. The maximum Gasteiger partial charge on any atom is 0.321 e. The van der Waals surface area contributed by atoms with Gasteiger partial charge in [-0.3, -0.25) is 19.8 Å². The van der Waals surface area contributed by atoms with Gasteiger partial charge in [0.15, 0.2) is 11.5 Å². The second-order valence-electron chi connectivity index (χ2n) is 6.52. The summed E-state index contributed by atoms with van der Waals surface area (Å²) in [5.41, 5.74) is 0.571. The second-order valence-corrected chi connectivity index (χ2v) is 6.52. The summed E-state index contributed by atoms with van der Waals surface area (Å²) in [6.45, 7) is 3.29. The third-order valence-electron chi connectivity index (χ3n) is 4.26. The van der Waals surface area contributed by atoms with E-state index in [0.717, 1.165) is 0 Å². The SMILES string of the molecule is CCN(CC(=O)NC(=O)NCc1ccco1)CC(=O)Nc1ccc2c(c1)OCCO2. The molecule has 0 unspecified atom stereocenters. The van der Waals surface area contributed by atoms with E-state index >= 15 is 0 Å². The molecule has 30 heavy (non-hydrogen) atoms. The quantitative estimate of drug-likeness (QED) is 0.593. The Morgan fingerprint density at radius 2 is 1.80 bits per heavy atom. The lowest BCUT2D eigenvalue weighted by Crippen LogP contribution is -2.45. The number of anilines is 1. The molecule has 3 N–H and O–H groups in total. The predicted octanol–water partition coefficient (Wildman–Crippen LogP) is 1.34. The van der Waals surface area contributed by atoms with Crippen molar-refractivity contribution in [3.05, 3.63) is 42.4 Å². The van der Waals surface area contributed by atoms with Crippen LogP contribution in [0.25, 0.3) is 0 Å². The van der Waals surface area contributed by atoms with Crippen LogP contribution in [-0.4, -0.2) is 55.6 Å². The first kappa shape index (κ1) is 21.2. The minimum atomic E-state index is -0.631. The molecule has 1 aliphatic rings. The number of nitrogens with one attached hydrogen (secondary N) is 3. The van der Waals surface area contributed by atoms with Crippen LogP contribution in [-0.2, 0) is 16.1 Å². The summed E-state index contributed by atoms with van der Waals surface area (Å²) in [4.78, 5) is 37.8. The van der Waals surface area contributed by atoms with Crippen molar-refractivity contribution in [3.63, 3.8) is 0 Å². The fourth-order valence-corrected chi connectivity index (χ4v) is 2.80. The van der Waals surface area contributed by atoms with E-state index in [1.165, 1.54) is 6.26 Å². The predicted molar refractivity (Wildman–Crippen MR) is 107 cm³/mol. The Labute approximate surface area is 173 Å². The van der Waals surface area contributed by atoms with Crippen molar-refractivity contribution in [2.24, 2.45) is 0 Å². The number of benzene rings is 1. The molecular formula is C20H24N4O6. The molecule has 4 amide bonds. The molecule has 0 spiro atoms. The van der Waals surface area contributed by atoms with Gasteiger partial charge in [0.25, 0.3) is 0 Å². The summed E-state index contributed by atoms with van der Waals surface area (Å²) in [5.74, 6) is 0.982. The summed E-state index contributed by atoms with van der Waals surface area (Å²) in [6, 6.07) is 7.93. The van der Waals surface area contributed by atoms with Gasteiger partial charge in [-0.1, -0.05) is 6.92 Å². The first-order chi connectivity index (χ1) is 14.5. The van der Waals surface area contributed by atoms with Crippen LogP contribution in [0, 0.1) is 0 Å². The first-order valence-corrected chi connectivity index (χ1v) is 9.55. The number of urea groups is 1.